The summed E-state index contributed by atoms with van der Waals surface area (Å²) in [6, 6.07) is 8.15. The zero-order chi connectivity index (χ0) is 11.4. The van der Waals surface area contributed by atoms with Crippen LogP contribution in [0.3, 0.4) is 0 Å². The van der Waals surface area contributed by atoms with Crippen LogP contribution in [0.15, 0.2) is 24.3 Å². The summed E-state index contributed by atoms with van der Waals surface area (Å²) in [5, 5.41) is 0. The highest BCUT2D eigenvalue weighted by molar-refractivity contribution is 5.75. The minimum atomic E-state index is -0.333. The third kappa shape index (κ3) is 2.80. The Balaban J connectivity index is 0.000000245. The van der Waals surface area contributed by atoms with Crippen molar-refractivity contribution in [2.24, 2.45) is 12.8 Å². The number of amides is 1. The van der Waals surface area contributed by atoms with Crippen molar-refractivity contribution >= 4 is 16.9 Å². The lowest BCUT2D eigenvalue weighted by molar-refractivity contribution is -0.115. The highest BCUT2D eigenvalue weighted by atomic mass is 16.1. The van der Waals surface area contributed by atoms with Gasteiger partial charge in [-0.05, 0) is 19.1 Å². The maximum atomic E-state index is 9.22. The van der Waals surface area contributed by atoms with Crippen LogP contribution in [0.5, 0.6) is 0 Å². The van der Waals surface area contributed by atoms with Gasteiger partial charge in [-0.3, -0.25) is 4.79 Å². The molecule has 4 nitrogen and oxygen atoms in total. The summed E-state index contributed by atoms with van der Waals surface area (Å²) in [6.07, 6.45) is 0. The molecule has 2 rings (SSSR count). The van der Waals surface area contributed by atoms with Crippen LogP contribution in [-0.4, -0.2) is 15.5 Å². The zero-order valence-electron chi connectivity index (χ0n) is 9.19. The standard InChI is InChI=1S/C9H10N2.C2H5NO/c1-7-10-8-5-3-4-6-9(8)11(7)2;1-2(3)4/h3-6H,1-2H3;1H3,(H2,3,4). The molecule has 80 valence electrons. The first-order valence-corrected chi connectivity index (χ1v) is 4.66. The summed E-state index contributed by atoms with van der Waals surface area (Å²) in [5.74, 6) is 0.728. The highest BCUT2D eigenvalue weighted by Crippen LogP contribution is 2.12. The molecule has 1 amide bonds. The van der Waals surface area contributed by atoms with E-state index in [1.165, 1.54) is 12.4 Å². The van der Waals surface area contributed by atoms with Gasteiger partial charge in [0, 0.05) is 14.0 Å². The second-order valence-corrected chi connectivity index (χ2v) is 3.32. The number of carbonyl (C=O) groups excluding carboxylic acids is 1. The number of nitrogens with zero attached hydrogens (tertiary/aromatic N) is 2. The Labute approximate surface area is 88.7 Å². The first kappa shape index (κ1) is 11.2. The Morgan fingerprint density at radius 3 is 2.47 bits per heavy atom. The van der Waals surface area contributed by atoms with Crippen LogP contribution in [0.25, 0.3) is 11.0 Å². The number of nitrogens with two attached hydrogens (primary N) is 1. The summed E-state index contributed by atoms with van der Waals surface area (Å²) in [6.45, 7) is 3.32. The van der Waals surface area contributed by atoms with Gasteiger partial charge in [-0.2, -0.15) is 0 Å². The molecule has 1 heterocycles. The van der Waals surface area contributed by atoms with E-state index in [9.17, 15) is 4.79 Å². The van der Waals surface area contributed by atoms with E-state index >= 15 is 0 Å². The van der Waals surface area contributed by atoms with Gasteiger partial charge >= 0.3 is 0 Å². The van der Waals surface area contributed by atoms with E-state index in [4.69, 9.17) is 0 Å². The average Bonchev–Trinajstić information content (AvgIpc) is 2.43. The number of benzene rings is 1. The number of imidazole rings is 1. The Morgan fingerprint density at radius 2 is 1.93 bits per heavy atom. The molecule has 15 heavy (non-hydrogen) atoms. The fourth-order valence-corrected chi connectivity index (χ4v) is 1.27. The molecule has 0 aliphatic rings. The average molecular weight is 205 g/mol. The molecule has 0 bridgehead atoms. The van der Waals surface area contributed by atoms with Crippen molar-refractivity contribution in [1.29, 1.82) is 0 Å². The summed E-state index contributed by atoms with van der Waals surface area (Å²) in [7, 11) is 2.03. The number of carbonyl (C=O) groups is 1. The molecule has 0 aliphatic heterocycles. The third-order valence-corrected chi connectivity index (χ3v) is 2.01. The molecule has 0 radical (unpaired) electrons. The fraction of sp³-hybridized carbons (Fsp3) is 0.273. The molecule has 2 N–H and O–H groups in total. The molecular formula is C11H15N3O. The Morgan fingerprint density at radius 1 is 1.40 bits per heavy atom. The summed E-state index contributed by atoms with van der Waals surface area (Å²) in [4.78, 5) is 13.6. The molecule has 1 aromatic heterocycles. The predicted octanol–water partition coefficient (Wildman–Crippen LogP) is 1.37. The number of rotatable bonds is 0. The number of para-hydroxylation sites is 2. The molecule has 0 aliphatic carbocycles. The van der Waals surface area contributed by atoms with Crippen LogP contribution in [0.1, 0.15) is 12.7 Å². The second-order valence-electron chi connectivity index (χ2n) is 3.32. The fourth-order valence-electron chi connectivity index (χ4n) is 1.27. The van der Waals surface area contributed by atoms with Crippen molar-refractivity contribution in [2.75, 3.05) is 0 Å². The monoisotopic (exact) mass is 205 g/mol. The van der Waals surface area contributed by atoms with Crippen LogP contribution in [0.2, 0.25) is 0 Å². The molecule has 0 fully saturated rings. The number of fused-ring (bicyclic) bond motifs is 1. The molecule has 0 atom stereocenters. The van der Waals surface area contributed by atoms with Crippen molar-refractivity contribution in [3.63, 3.8) is 0 Å². The van der Waals surface area contributed by atoms with E-state index in [1.807, 2.05) is 32.2 Å². The largest absolute Gasteiger partial charge is 0.370 e. The Bertz CT molecular complexity index is 470. The minimum absolute atomic E-state index is 0.333. The van der Waals surface area contributed by atoms with Gasteiger partial charge in [0.15, 0.2) is 0 Å². The maximum absolute atomic E-state index is 9.22. The number of hydrogen-bond donors (Lipinski definition) is 1. The lowest BCUT2D eigenvalue weighted by atomic mass is 10.3. The van der Waals surface area contributed by atoms with Crippen LogP contribution >= 0.6 is 0 Å². The van der Waals surface area contributed by atoms with Gasteiger partial charge in [0.2, 0.25) is 5.91 Å². The van der Waals surface area contributed by atoms with Gasteiger partial charge in [0.25, 0.3) is 0 Å². The SMILES string of the molecule is CC(N)=O.Cc1nc2ccccc2n1C. The lowest BCUT2D eigenvalue weighted by Crippen LogP contribution is -2.01. The predicted molar refractivity (Wildman–Crippen MR) is 60.3 cm³/mol. The van der Waals surface area contributed by atoms with Crippen molar-refractivity contribution in [1.82, 2.24) is 9.55 Å². The minimum Gasteiger partial charge on any atom is -0.370 e. The summed E-state index contributed by atoms with van der Waals surface area (Å²) in [5.41, 5.74) is 6.75. The van der Waals surface area contributed by atoms with E-state index in [0.29, 0.717) is 0 Å². The number of aromatic nitrogens is 2. The van der Waals surface area contributed by atoms with Gasteiger partial charge in [-0.1, -0.05) is 12.1 Å². The molecule has 4 heteroatoms. The first-order valence-electron chi connectivity index (χ1n) is 4.66. The van der Waals surface area contributed by atoms with E-state index in [2.05, 4.69) is 21.4 Å². The van der Waals surface area contributed by atoms with E-state index in [1.54, 1.807) is 0 Å². The normalized spacial score (nSPS) is 9.53. The molecule has 0 unspecified atom stereocenters. The van der Waals surface area contributed by atoms with Crippen molar-refractivity contribution < 1.29 is 4.79 Å². The molecule has 1 aromatic carbocycles. The van der Waals surface area contributed by atoms with Crippen molar-refractivity contribution in [3.8, 4) is 0 Å². The summed E-state index contributed by atoms with van der Waals surface area (Å²) >= 11 is 0. The van der Waals surface area contributed by atoms with E-state index in [0.717, 1.165) is 11.3 Å². The smallest absolute Gasteiger partial charge is 0.214 e. The quantitative estimate of drug-likeness (QED) is 0.706. The Kier molecular flexibility index (Phi) is 3.44. The van der Waals surface area contributed by atoms with Gasteiger partial charge in [-0.15, -0.1) is 0 Å². The molecule has 0 saturated heterocycles. The second kappa shape index (κ2) is 4.59. The van der Waals surface area contributed by atoms with Gasteiger partial charge < -0.3 is 10.3 Å². The van der Waals surface area contributed by atoms with Crippen molar-refractivity contribution in [2.45, 2.75) is 13.8 Å². The van der Waals surface area contributed by atoms with Crippen LogP contribution < -0.4 is 5.73 Å². The van der Waals surface area contributed by atoms with E-state index < -0.39 is 0 Å². The first-order chi connectivity index (χ1) is 7.02. The third-order valence-electron chi connectivity index (χ3n) is 2.01. The van der Waals surface area contributed by atoms with Crippen LogP contribution in [-0.2, 0) is 11.8 Å². The van der Waals surface area contributed by atoms with Crippen LogP contribution in [0, 0.1) is 6.92 Å². The number of primary amides is 1. The molecule has 0 spiro atoms. The van der Waals surface area contributed by atoms with Crippen LogP contribution in [0.4, 0.5) is 0 Å². The topological polar surface area (TPSA) is 60.9 Å². The maximum Gasteiger partial charge on any atom is 0.214 e. The molecular weight excluding hydrogens is 190 g/mol. The Hall–Kier alpha value is -1.84. The van der Waals surface area contributed by atoms with Gasteiger partial charge in [0.05, 0.1) is 11.0 Å². The molecule has 2 aromatic rings. The lowest BCUT2D eigenvalue weighted by Gasteiger charge is -1.93. The highest BCUT2D eigenvalue weighted by Gasteiger charge is 2.00. The van der Waals surface area contributed by atoms with E-state index in [-0.39, 0.29) is 5.91 Å². The van der Waals surface area contributed by atoms with Gasteiger partial charge in [0.1, 0.15) is 5.82 Å². The molecule has 0 saturated carbocycles. The number of hydrogen-bond acceptors (Lipinski definition) is 2. The van der Waals surface area contributed by atoms with Crippen molar-refractivity contribution in [3.05, 3.63) is 30.1 Å². The number of aryl methyl sites for hydroxylation is 2. The zero-order valence-corrected chi connectivity index (χ0v) is 9.19. The van der Waals surface area contributed by atoms with Gasteiger partial charge in [-0.25, -0.2) is 4.98 Å². The summed E-state index contributed by atoms with van der Waals surface area (Å²) < 4.78 is 2.09.